The Balaban J connectivity index is 1.72. The molecular weight excluding hydrogens is 395 g/mol. The number of ether oxygens (including phenoxy) is 1. The van der Waals surface area contributed by atoms with Gasteiger partial charge in [0.15, 0.2) is 12.4 Å². The van der Waals surface area contributed by atoms with Crippen molar-refractivity contribution in [1.29, 1.82) is 0 Å². The number of anilines is 1. The van der Waals surface area contributed by atoms with Gasteiger partial charge in [-0.1, -0.05) is 49.2 Å². The van der Waals surface area contributed by atoms with Gasteiger partial charge < -0.3 is 10.1 Å². The molecule has 0 spiro atoms. The summed E-state index contributed by atoms with van der Waals surface area (Å²) < 4.78 is 5.71. The van der Waals surface area contributed by atoms with Crippen molar-refractivity contribution in [2.45, 2.75) is 33.1 Å². The van der Waals surface area contributed by atoms with Crippen LogP contribution in [0.4, 0.5) is 5.69 Å². The van der Waals surface area contributed by atoms with E-state index >= 15 is 0 Å². The van der Waals surface area contributed by atoms with Crippen molar-refractivity contribution in [3.05, 3.63) is 63.8 Å². The van der Waals surface area contributed by atoms with E-state index in [1.165, 1.54) is 5.56 Å². The monoisotopic (exact) mass is 416 g/mol. The average Bonchev–Trinajstić information content (AvgIpc) is 2.67. The number of carbonyl (C=O) groups excluding carboxylic acids is 1. The number of hydrogen-bond donors (Lipinski definition) is 1. The maximum absolute atomic E-state index is 12.3. The number of halogens is 2. The van der Waals surface area contributed by atoms with Crippen LogP contribution in [0.5, 0.6) is 5.75 Å². The highest BCUT2D eigenvalue weighted by Gasteiger charge is 2.15. The largest absolute Gasteiger partial charge is 0.480 e. The third kappa shape index (κ3) is 4.57. The zero-order valence-corrected chi connectivity index (χ0v) is 17.6. The highest BCUT2D eigenvalue weighted by Crippen LogP contribution is 2.37. The molecule has 6 heteroatoms. The van der Waals surface area contributed by atoms with Gasteiger partial charge in [-0.25, -0.2) is 4.98 Å². The number of hydrogen-bond acceptors (Lipinski definition) is 3. The van der Waals surface area contributed by atoms with E-state index < -0.39 is 0 Å². The predicted molar refractivity (Wildman–Crippen MR) is 116 cm³/mol. The molecular formula is C22H22Cl2N2O2. The molecule has 3 aromatic rings. The lowest BCUT2D eigenvalue weighted by molar-refractivity contribution is -0.118. The molecule has 0 unspecified atom stereocenters. The first-order chi connectivity index (χ1) is 13.4. The van der Waals surface area contributed by atoms with Crippen molar-refractivity contribution in [2.24, 2.45) is 0 Å². The third-order valence-corrected chi connectivity index (χ3v) is 5.29. The molecule has 4 nitrogen and oxygen atoms in total. The molecule has 1 N–H and O–H groups in total. The number of fused-ring (bicyclic) bond motifs is 1. The molecule has 146 valence electrons. The van der Waals surface area contributed by atoms with Crippen LogP contribution in [-0.4, -0.2) is 17.5 Å². The molecule has 1 amide bonds. The molecule has 1 aromatic heterocycles. The molecule has 0 radical (unpaired) electrons. The van der Waals surface area contributed by atoms with Crippen LogP contribution in [0, 0.1) is 6.92 Å². The van der Waals surface area contributed by atoms with E-state index in [2.05, 4.69) is 24.1 Å². The molecule has 0 aliphatic rings. The Hall–Kier alpha value is -2.30. The highest BCUT2D eigenvalue weighted by atomic mass is 35.5. The summed E-state index contributed by atoms with van der Waals surface area (Å²) in [6.45, 7) is 6.02. The Labute approximate surface area is 174 Å². The highest BCUT2D eigenvalue weighted by molar-refractivity contribution is 6.39. The van der Waals surface area contributed by atoms with Crippen LogP contribution in [-0.2, 0) is 4.79 Å². The van der Waals surface area contributed by atoms with Gasteiger partial charge in [0, 0.05) is 16.8 Å². The van der Waals surface area contributed by atoms with E-state index in [-0.39, 0.29) is 12.5 Å². The van der Waals surface area contributed by atoms with Crippen molar-refractivity contribution >= 4 is 45.7 Å². The fourth-order valence-corrected chi connectivity index (χ4v) is 3.46. The minimum Gasteiger partial charge on any atom is -0.480 e. The zero-order valence-electron chi connectivity index (χ0n) is 16.1. The van der Waals surface area contributed by atoms with Crippen molar-refractivity contribution in [1.82, 2.24) is 4.98 Å². The molecule has 1 heterocycles. The van der Waals surface area contributed by atoms with E-state index in [0.717, 1.165) is 23.2 Å². The lowest BCUT2D eigenvalue weighted by atomic mass is 9.99. The lowest BCUT2D eigenvalue weighted by Crippen LogP contribution is -2.20. The van der Waals surface area contributed by atoms with Gasteiger partial charge in [-0.3, -0.25) is 4.79 Å². The molecule has 0 fully saturated rings. The average molecular weight is 417 g/mol. The Morgan fingerprint density at radius 1 is 1.14 bits per heavy atom. The quantitative estimate of drug-likeness (QED) is 0.506. The normalized spacial score (nSPS) is 12.0. The smallest absolute Gasteiger partial charge is 0.262 e. The van der Waals surface area contributed by atoms with Crippen LogP contribution in [0.3, 0.4) is 0 Å². The topological polar surface area (TPSA) is 51.2 Å². The van der Waals surface area contributed by atoms with E-state index in [0.29, 0.717) is 27.2 Å². The second-order valence-corrected chi connectivity index (χ2v) is 7.60. The summed E-state index contributed by atoms with van der Waals surface area (Å²) in [5.41, 5.74) is 3.32. The number of aryl methyl sites for hydroxylation is 1. The Kier molecular flexibility index (Phi) is 6.42. The molecule has 1 atom stereocenters. The van der Waals surface area contributed by atoms with E-state index in [9.17, 15) is 4.79 Å². The Morgan fingerprint density at radius 2 is 1.86 bits per heavy atom. The number of carbonyl (C=O) groups is 1. The first-order valence-electron chi connectivity index (χ1n) is 9.17. The zero-order chi connectivity index (χ0) is 20.3. The Bertz CT molecular complexity index is 1000. The standard InChI is InChI=1S/C22H22Cl2N2O2/c1-4-13(2)15-6-8-16(9-7-15)26-20(27)12-28-22-19(24)11-18(23)17-10-5-14(3)25-21(17)22/h5-11,13H,4,12H2,1-3H3,(H,26,27)/t13-/m0/s1. The number of aromatic nitrogens is 1. The van der Waals surface area contributed by atoms with Gasteiger partial charge in [0.1, 0.15) is 5.52 Å². The van der Waals surface area contributed by atoms with E-state index in [1.54, 1.807) is 6.07 Å². The number of amides is 1. The summed E-state index contributed by atoms with van der Waals surface area (Å²) in [4.78, 5) is 16.8. The van der Waals surface area contributed by atoms with Gasteiger partial charge in [0.2, 0.25) is 0 Å². The van der Waals surface area contributed by atoms with Gasteiger partial charge >= 0.3 is 0 Å². The van der Waals surface area contributed by atoms with Crippen molar-refractivity contribution in [2.75, 3.05) is 11.9 Å². The molecule has 0 saturated heterocycles. The van der Waals surface area contributed by atoms with Gasteiger partial charge in [-0.05, 0) is 55.2 Å². The first-order valence-corrected chi connectivity index (χ1v) is 9.92. The van der Waals surface area contributed by atoms with Gasteiger partial charge in [0.25, 0.3) is 5.91 Å². The number of pyridine rings is 1. The van der Waals surface area contributed by atoms with E-state index in [4.69, 9.17) is 27.9 Å². The van der Waals surface area contributed by atoms with Crippen molar-refractivity contribution < 1.29 is 9.53 Å². The van der Waals surface area contributed by atoms with Crippen molar-refractivity contribution in [3.63, 3.8) is 0 Å². The van der Waals surface area contributed by atoms with Crippen LogP contribution < -0.4 is 10.1 Å². The second-order valence-electron chi connectivity index (χ2n) is 6.79. The third-order valence-electron chi connectivity index (χ3n) is 4.70. The predicted octanol–water partition coefficient (Wildman–Crippen LogP) is 6.38. The number of nitrogens with zero attached hydrogens (tertiary/aromatic N) is 1. The molecule has 2 aromatic carbocycles. The van der Waals surface area contributed by atoms with E-state index in [1.807, 2.05) is 43.3 Å². The lowest BCUT2D eigenvalue weighted by Gasteiger charge is -2.13. The molecule has 3 rings (SSSR count). The Morgan fingerprint density at radius 3 is 2.54 bits per heavy atom. The van der Waals surface area contributed by atoms with Crippen LogP contribution in [0.25, 0.3) is 10.9 Å². The summed E-state index contributed by atoms with van der Waals surface area (Å²) >= 11 is 12.5. The fraction of sp³-hybridized carbons (Fsp3) is 0.273. The summed E-state index contributed by atoms with van der Waals surface area (Å²) in [5, 5.41) is 4.37. The molecule has 0 saturated carbocycles. The van der Waals surface area contributed by atoms with Gasteiger partial charge in [0.05, 0.1) is 10.0 Å². The maximum Gasteiger partial charge on any atom is 0.262 e. The van der Waals surface area contributed by atoms with Crippen LogP contribution >= 0.6 is 23.2 Å². The molecule has 0 bridgehead atoms. The number of nitrogens with one attached hydrogen (secondary N) is 1. The summed E-state index contributed by atoms with van der Waals surface area (Å²) in [5.74, 6) is 0.569. The van der Waals surface area contributed by atoms with Gasteiger partial charge in [-0.15, -0.1) is 0 Å². The number of benzene rings is 2. The minimum absolute atomic E-state index is 0.181. The van der Waals surface area contributed by atoms with Crippen LogP contribution in [0.2, 0.25) is 10.0 Å². The molecule has 0 aliphatic carbocycles. The van der Waals surface area contributed by atoms with Crippen LogP contribution in [0.15, 0.2) is 42.5 Å². The first kappa shape index (κ1) is 20.4. The second kappa shape index (κ2) is 8.80. The molecule has 0 aliphatic heterocycles. The number of rotatable bonds is 6. The summed E-state index contributed by atoms with van der Waals surface area (Å²) in [7, 11) is 0. The fourth-order valence-electron chi connectivity index (χ4n) is 2.89. The summed E-state index contributed by atoms with van der Waals surface area (Å²) in [6.07, 6.45) is 1.07. The van der Waals surface area contributed by atoms with Crippen LogP contribution in [0.1, 0.15) is 37.4 Å². The van der Waals surface area contributed by atoms with Crippen molar-refractivity contribution in [3.8, 4) is 5.75 Å². The maximum atomic E-state index is 12.3. The summed E-state index contributed by atoms with van der Waals surface area (Å²) in [6, 6.07) is 13.2. The van der Waals surface area contributed by atoms with Gasteiger partial charge in [-0.2, -0.15) is 0 Å². The minimum atomic E-state index is -0.275. The SMILES string of the molecule is CC[C@H](C)c1ccc(NC(=O)COc2c(Cl)cc(Cl)c3ccc(C)nc23)cc1. The molecule has 28 heavy (non-hydrogen) atoms.